The van der Waals surface area contributed by atoms with Gasteiger partial charge in [-0.05, 0) is 106 Å². The lowest BCUT2D eigenvalue weighted by atomic mass is 10.1. The molecule has 9 aromatic rings. The first-order valence-corrected chi connectivity index (χ1v) is 22.9. The standard InChI is InChI=1S/C54H42N2SSi/c1-6-20-41(21-7-1)55(42-22-8-2-9-23-42)44-26-18-32-49(38-44)58(47-28-12-4-13-29-47,48-30-14-5-15-31-48)50-33-19-27-45(39-50)56(43-24-10-3-11-25-43)46-36-37-52-51-34-16-17-35-53(51)57-54(52)40-46/h1-2,4-10,12-40H,3,11H2. The SMILES string of the molecule is C1=CC(N(c2cccc([Si](c3ccccc3)(c3ccccc3)c3cccc(N(c4ccccc4)c4ccccc4)c3)c2)c2ccc3c(c2)sc2ccccc23)=CCC1. The minimum absolute atomic E-state index is 1.02. The summed E-state index contributed by atoms with van der Waals surface area (Å²) >= 11 is 1.87. The third-order valence-corrected chi connectivity index (χ3v) is 17.3. The summed E-state index contributed by atoms with van der Waals surface area (Å²) in [7, 11) is -2.96. The molecule has 0 atom stereocenters. The number of rotatable bonds is 10. The maximum Gasteiger partial charge on any atom is 0.179 e. The third-order valence-electron chi connectivity index (χ3n) is 11.4. The molecular formula is C54H42N2SSi. The van der Waals surface area contributed by atoms with Crippen molar-refractivity contribution in [1.29, 1.82) is 0 Å². The van der Waals surface area contributed by atoms with Crippen molar-refractivity contribution < 1.29 is 0 Å². The monoisotopic (exact) mass is 778 g/mol. The van der Waals surface area contributed by atoms with E-state index in [4.69, 9.17) is 0 Å². The number of anilines is 5. The van der Waals surface area contributed by atoms with Crippen LogP contribution >= 0.6 is 11.3 Å². The zero-order valence-corrected chi connectivity index (χ0v) is 34.0. The van der Waals surface area contributed by atoms with Gasteiger partial charge in [0, 0.05) is 54.3 Å². The molecule has 1 aromatic heterocycles. The number of thiophene rings is 1. The van der Waals surface area contributed by atoms with E-state index in [1.54, 1.807) is 0 Å². The Balaban J connectivity index is 1.21. The summed E-state index contributed by atoms with van der Waals surface area (Å²) in [5.41, 5.74) is 6.92. The van der Waals surface area contributed by atoms with E-state index in [1.807, 2.05) is 11.3 Å². The van der Waals surface area contributed by atoms with Gasteiger partial charge in [0.2, 0.25) is 0 Å². The van der Waals surface area contributed by atoms with Gasteiger partial charge in [-0.25, -0.2) is 0 Å². The molecule has 0 bridgehead atoms. The summed E-state index contributed by atoms with van der Waals surface area (Å²) in [4.78, 5) is 4.85. The normalized spacial score (nSPS) is 12.7. The van der Waals surface area contributed by atoms with Crippen molar-refractivity contribution in [1.82, 2.24) is 0 Å². The molecule has 1 aliphatic carbocycles. The maximum atomic E-state index is 2.49. The van der Waals surface area contributed by atoms with Crippen LogP contribution in [0.2, 0.25) is 0 Å². The maximum absolute atomic E-state index is 2.96. The molecule has 10 rings (SSSR count). The number of hydrogen-bond acceptors (Lipinski definition) is 3. The van der Waals surface area contributed by atoms with Gasteiger partial charge in [-0.2, -0.15) is 0 Å². The molecule has 0 radical (unpaired) electrons. The van der Waals surface area contributed by atoms with Crippen molar-refractivity contribution in [2.45, 2.75) is 12.8 Å². The first-order chi connectivity index (χ1) is 28.8. The second-order valence-electron chi connectivity index (χ2n) is 14.8. The molecule has 1 aliphatic rings. The Morgan fingerprint density at radius 1 is 0.362 bits per heavy atom. The van der Waals surface area contributed by atoms with Crippen molar-refractivity contribution >= 4 is 88.8 Å². The Hall–Kier alpha value is -6.72. The predicted octanol–water partition coefficient (Wildman–Crippen LogP) is 12.3. The molecule has 278 valence electrons. The smallest absolute Gasteiger partial charge is 0.179 e. The molecule has 4 heteroatoms. The predicted molar refractivity (Wildman–Crippen MR) is 253 cm³/mol. The zero-order chi connectivity index (χ0) is 38.7. The molecule has 0 fully saturated rings. The summed E-state index contributed by atoms with van der Waals surface area (Å²) in [5, 5.41) is 7.98. The number of nitrogens with zero attached hydrogens (tertiary/aromatic N) is 2. The molecule has 2 nitrogen and oxygen atoms in total. The fourth-order valence-corrected chi connectivity index (χ4v) is 14.7. The third kappa shape index (κ3) is 6.47. The highest BCUT2D eigenvalue weighted by molar-refractivity contribution is 7.25. The summed E-state index contributed by atoms with van der Waals surface area (Å²) in [5.74, 6) is 0. The van der Waals surface area contributed by atoms with Crippen LogP contribution in [0.4, 0.5) is 28.4 Å². The lowest BCUT2D eigenvalue weighted by Crippen LogP contribution is -2.74. The summed E-state index contributed by atoms with van der Waals surface area (Å²) in [6.07, 6.45) is 9.09. The van der Waals surface area contributed by atoms with Crippen LogP contribution in [0, 0.1) is 0 Å². The topological polar surface area (TPSA) is 6.48 Å². The molecule has 0 amide bonds. The van der Waals surface area contributed by atoms with Crippen LogP contribution in [0.25, 0.3) is 20.2 Å². The summed E-state index contributed by atoms with van der Waals surface area (Å²) < 4.78 is 2.62. The Kier molecular flexibility index (Phi) is 9.64. The molecule has 1 heterocycles. The van der Waals surface area contributed by atoms with E-state index in [-0.39, 0.29) is 0 Å². The molecule has 0 saturated carbocycles. The van der Waals surface area contributed by atoms with E-state index in [1.165, 1.54) is 52.3 Å². The van der Waals surface area contributed by atoms with Crippen LogP contribution in [-0.2, 0) is 0 Å². The summed E-state index contributed by atoms with van der Waals surface area (Å²) in [6, 6.07) is 78.5. The molecule has 0 N–H and O–H groups in total. The Morgan fingerprint density at radius 3 is 1.43 bits per heavy atom. The highest BCUT2D eigenvalue weighted by Crippen LogP contribution is 2.40. The first kappa shape index (κ1) is 35.7. The minimum atomic E-state index is -2.96. The Morgan fingerprint density at radius 2 is 0.845 bits per heavy atom. The van der Waals surface area contributed by atoms with Gasteiger partial charge in [-0.15, -0.1) is 11.3 Å². The van der Waals surface area contributed by atoms with Gasteiger partial charge < -0.3 is 9.80 Å². The van der Waals surface area contributed by atoms with Crippen molar-refractivity contribution in [3.63, 3.8) is 0 Å². The number of para-hydroxylation sites is 2. The van der Waals surface area contributed by atoms with E-state index < -0.39 is 8.07 Å². The van der Waals surface area contributed by atoms with Gasteiger partial charge in [0.15, 0.2) is 8.07 Å². The highest BCUT2D eigenvalue weighted by atomic mass is 32.1. The molecule has 0 unspecified atom stereocenters. The van der Waals surface area contributed by atoms with Gasteiger partial charge in [-0.1, -0.05) is 158 Å². The minimum Gasteiger partial charge on any atom is -0.311 e. The number of benzene rings is 8. The fraction of sp³-hybridized carbons (Fsp3) is 0.0370. The molecule has 8 aromatic carbocycles. The molecular weight excluding hydrogens is 737 g/mol. The van der Waals surface area contributed by atoms with E-state index in [0.717, 1.165) is 35.6 Å². The highest BCUT2D eigenvalue weighted by Gasteiger charge is 2.42. The first-order valence-electron chi connectivity index (χ1n) is 20.1. The van der Waals surface area contributed by atoms with E-state index in [9.17, 15) is 0 Å². The van der Waals surface area contributed by atoms with Crippen LogP contribution in [0.3, 0.4) is 0 Å². The lowest BCUT2D eigenvalue weighted by molar-refractivity contribution is 0.998. The van der Waals surface area contributed by atoms with Crippen molar-refractivity contribution in [2.75, 3.05) is 9.80 Å². The zero-order valence-electron chi connectivity index (χ0n) is 32.2. The average Bonchev–Trinajstić information content (AvgIpc) is 3.67. The van der Waals surface area contributed by atoms with E-state index in [0.29, 0.717) is 0 Å². The number of allylic oxidation sites excluding steroid dienone is 3. The largest absolute Gasteiger partial charge is 0.311 e. The van der Waals surface area contributed by atoms with Crippen molar-refractivity contribution in [3.05, 3.63) is 236 Å². The fourth-order valence-electron chi connectivity index (χ4n) is 8.80. The van der Waals surface area contributed by atoms with Gasteiger partial charge in [0.05, 0.1) is 0 Å². The van der Waals surface area contributed by atoms with E-state index >= 15 is 0 Å². The van der Waals surface area contributed by atoms with Gasteiger partial charge in [0.1, 0.15) is 0 Å². The van der Waals surface area contributed by atoms with Crippen LogP contribution in [-0.4, -0.2) is 8.07 Å². The van der Waals surface area contributed by atoms with Gasteiger partial charge in [-0.3, -0.25) is 0 Å². The quantitative estimate of drug-likeness (QED) is 0.101. The Labute approximate surface area is 345 Å². The van der Waals surface area contributed by atoms with Gasteiger partial charge in [0.25, 0.3) is 0 Å². The molecule has 0 spiro atoms. The van der Waals surface area contributed by atoms with Crippen LogP contribution in [0.1, 0.15) is 12.8 Å². The van der Waals surface area contributed by atoms with Crippen molar-refractivity contribution in [2.24, 2.45) is 0 Å². The van der Waals surface area contributed by atoms with Crippen molar-refractivity contribution in [3.8, 4) is 0 Å². The van der Waals surface area contributed by atoms with Gasteiger partial charge >= 0.3 is 0 Å². The second-order valence-corrected chi connectivity index (χ2v) is 19.7. The molecule has 58 heavy (non-hydrogen) atoms. The van der Waals surface area contributed by atoms with Crippen LogP contribution in [0.15, 0.2) is 236 Å². The molecule has 0 aliphatic heterocycles. The number of fused-ring (bicyclic) bond motifs is 3. The van der Waals surface area contributed by atoms with Crippen LogP contribution in [0.5, 0.6) is 0 Å². The Bertz CT molecular complexity index is 2820. The second kappa shape index (κ2) is 15.7. The average molecular weight is 779 g/mol. The number of hydrogen-bond donors (Lipinski definition) is 0. The lowest BCUT2D eigenvalue weighted by Gasteiger charge is -2.36. The summed E-state index contributed by atoms with van der Waals surface area (Å²) in [6.45, 7) is 0. The van der Waals surface area contributed by atoms with E-state index in [2.05, 4.69) is 240 Å². The van der Waals surface area contributed by atoms with Crippen LogP contribution < -0.4 is 30.5 Å². The molecule has 0 saturated heterocycles.